The molecule has 3 atom stereocenters. The maximum absolute atomic E-state index is 5.98. The Kier molecular flexibility index (Phi) is 3.84. The maximum atomic E-state index is 5.98. The number of hydrogen-bond donors (Lipinski definition) is 1. The van der Waals surface area contributed by atoms with Crippen molar-refractivity contribution in [3.63, 3.8) is 0 Å². The number of nitrogens with one attached hydrogen (secondary N) is 1. The lowest BCUT2D eigenvalue weighted by Gasteiger charge is -2.36. The van der Waals surface area contributed by atoms with E-state index in [1.165, 1.54) is 24.6 Å². The van der Waals surface area contributed by atoms with Gasteiger partial charge in [-0.2, -0.15) is 0 Å². The number of para-hydroxylation sites is 1. The van der Waals surface area contributed by atoms with Crippen LogP contribution in [-0.2, 0) is 0 Å². The molecule has 3 rings (SSSR count). The second kappa shape index (κ2) is 5.61. The summed E-state index contributed by atoms with van der Waals surface area (Å²) in [5.74, 6) is 2.56. The van der Waals surface area contributed by atoms with Crippen molar-refractivity contribution < 1.29 is 4.42 Å². The average Bonchev–Trinajstić information content (AvgIpc) is 2.87. The molecule has 0 saturated heterocycles. The van der Waals surface area contributed by atoms with Crippen molar-refractivity contribution >= 4 is 11.0 Å². The van der Waals surface area contributed by atoms with Gasteiger partial charge in [-0.15, -0.1) is 0 Å². The van der Waals surface area contributed by atoms with Crippen molar-refractivity contribution in [3.8, 4) is 0 Å². The van der Waals surface area contributed by atoms with Gasteiger partial charge in [0.05, 0.1) is 6.04 Å². The van der Waals surface area contributed by atoms with Gasteiger partial charge in [0.2, 0.25) is 0 Å². The van der Waals surface area contributed by atoms with Crippen LogP contribution in [-0.4, -0.2) is 6.04 Å². The van der Waals surface area contributed by atoms with E-state index in [1.807, 2.05) is 12.1 Å². The van der Waals surface area contributed by atoms with Crippen molar-refractivity contribution in [3.05, 3.63) is 36.1 Å². The molecule has 1 saturated carbocycles. The molecule has 1 aliphatic rings. The molecule has 0 amide bonds. The van der Waals surface area contributed by atoms with E-state index in [1.54, 1.807) is 0 Å². The van der Waals surface area contributed by atoms with E-state index in [0.717, 1.165) is 23.2 Å². The fraction of sp³-hybridized carbons (Fsp3) is 0.556. The van der Waals surface area contributed by atoms with Crippen LogP contribution >= 0.6 is 0 Å². The summed E-state index contributed by atoms with van der Waals surface area (Å²) in [5.41, 5.74) is 0.987. The molecular formula is C18H25NO. The minimum atomic E-state index is 0.274. The lowest BCUT2D eigenvalue weighted by atomic mass is 9.78. The second-order valence-corrected chi connectivity index (χ2v) is 6.49. The standard InChI is InChI=1S/C18H25NO/c1-12-7-6-8-13(2)18(12)19-14(3)17-11-15-9-4-5-10-16(15)20-17/h4-5,9-14,18-19H,6-8H2,1-3H3. The Morgan fingerprint density at radius 3 is 2.55 bits per heavy atom. The highest BCUT2D eigenvalue weighted by molar-refractivity contribution is 5.77. The Bertz CT molecular complexity index is 531. The zero-order chi connectivity index (χ0) is 14.1. The molecule has 2 nitrogen and oxygen atoms in total. The Balaban J connectivity index is 1.76. The first-order chi connectivity index (χ1) is 9.65. The molecule has 0 spiro atoms. The Labute approximate surface area is 121 Å². The molecule has 2 aromatic rings. The highest BCUT2D eigenvalue weighted by Gasteiger charge is 2.29. The Morgan fingerprint density at radius 1 is 1.15 bits per heavy atom. The first-order valence-electron chi connectivity index (χ1n) is 7.89. The summed E-state index contributed by atoms with van der Waals surface area (Å²) < 4.78 is 5.98. The molecule has 0 aliphatic heterocycles. The van der Waals surface area contributed by atoms with Crippen LogP contribution in [0.25, 0.3) is 11.0 Å². The smallest absolute Gasteiger partial charge is 0.134 e. The predicted molar refractivity (Wildman–Crippen MR) is 83.7 cm³/mol. The van der Waals surface area contributed by atoms with E-state index in [9.17, 15) is 0 Å². The second-order valence-electron chi connectivity index (χ2n) is 6.49. The molecule has 20 heavy (non-hydrogen) atoms. The lowest BCUT2D eigenvalue weighted by Crippen LogP contribution is -2.43. The van der Waals surface area contributed by atoms with Crippen molar-refractivity contribution in [1.82, 2.24) is 5.32 Å². The van der Waals surface area contributed by atoms with Crippen LogP contribution in [0, 0.1) is 11.8 Å². The Morgan fingerprint density at radius 2 is 1.85 bits per heavy atom. The van der Waals surface area contributed by atoms with Crippen LogP contribution in [0.4, 0.5) is 0 Å². The first kappa shape index (κ1) is 13.7. The minimum absolute atomic E-state index is 0.274. The molecular weight excluding hydrogens is 246 g/mol. The zero-order valence-corrected chi connectivity index (χ0v) is 12.7. The molecule has 1 aliphatic carbocycles. The van der Waals surface area contributed by atoms with Crippen molar-refractivity contribution in [2.45, 2.75) is 52.1 Å². The molecule has 0 radical (unpaired) electrons. The van der Waals surface area contributed by atoms with Crippen molar-refractivity contribution in [1.29, 1.82) is 0 Å². The molecule has 3 unspecified atom stereocenters. The fourth-order valence-corrected chi connectivity index (χ4v) is 3.60. The quantitative estimate of drug-likeness (QED) is 0.858. The van der Waals surface area contributed by atoms with E-state index in [-0.39, 0.29) is 6.04 Å². The van der Waals surface area contributed by atoms with Crippen LogP contribution in [0.2, 0.25) is 0 Å². The minimum Gasteiger partial charge on any atom is -0.459 e. The lowest BCUT2D eigenvalue weighted by molar-refractivity contribution is 0.191. The number of fused-ring (bicyclic) bond motifs is 1. The van der Waals surface area contributed by atoms with Gasteiger partial charge in [-0.05, 0) is 43.7 Å². The number of hydrogen-bond acceptors (Lipinski definition) is 2. The van der Waals surface area contributed by atoms with Gasteiger partial charge < -0.3 is 9.73 Å². The molecule has 1 aromatic heterocycles. The van der Waals surface area contributed by atoms with Crippen LogP contribution in [0.5, 0.6) is 0 Å². The zero-order valence-electron chi connectivity index (χ0n) is 12.7. The van der Waals surface area contributed by atoms with Gasteiger partial charge in [0, 0.05) is 11.4 Å². The largest absolute Gasteiger partial charge is 0.459 e. The van der Waals surface area contributed by atoms with E-state index < -0.39 is 0 Å². The third-order valence-electron chi connectivity index (χ3n) is 4.86. The summed E-state index contributed by atoms with van der Waals surface area (Å²) in [4.78, 5) is 0. The highest BCUT2D eigenvalue weighted by atomic mass is 16.3. The molecule has 1 aromatic carbocycles. The van der Waals surface area contributed by atoms with Crippen LogP contribution in [0.15, 0.2) is 34.7 Å². The van der Waals surface area contributed by atoms with E-state index >= 15 is 0 Å². The Hall–Kier alpha value is -1.28. The predicted octanol–water partition coefficient (Wildman–Crippen LogP) is 4.91. The van der Waals surface area contributed by atoms with Gasteiger partial charge >= 0.3 is 0 Å². The van der Waals surface area contributed by atoms with E-state index in [4.69, 9.17) is 4.42 Å². The van der Waals surface area contributed by atoms with Crippen molar-refractivity contribution in [2.24, 2.45) is 11.8 Å². The molecule has 108 valence electrons. The highest BCUT2D eigenvalue weighted by Crippen LogP contribution is 2.31. The number of rotatable bonds is 3. The molecule has 1 N–H and O–H groups in total. The van der Waals surface area contributed by atoms with Gasteiger partial charge in [0.15, 0.2) is 0 Å². The SMILES string of the molecule is CC(NC1C(C)CCCC1C)c1cc2ccccc2o1. The summed E-state index contributed by atoms with van der Waals surface area (Å²) in [6.45, 7) is 6.96. The molecule has 0 bridgehead atoms. The third-order valence-corrected chi connectivity index (χ3v) is 4.86. The van der Waals surface area contributed by atoms with Gasteiger partial charge in [-0.3, -0.25) is 0 Å². The summed E-state index contributed by atoms with van der Waals surface area (Å²) in [6, 6.07) is 11.3. The maximum Gasteiger partial charge on any atom is 0.134 e. The van der Waals surface area contributed by atoms with Crippen LogP contribution in [0.1, 0.15) is 51.8 Å². The summed E-state index contributed by atoms with van der Waals surface area (Å²) in [7, 11) is 0. The van der Waals surface area contributed by atoms with Gasteiger partial charge in [0.1, 0.15) is 11.3 Å². The van der Waals surface area contributed by atoms with Gasteiger partial charge in [-0.1, -0.05) is 38.5 Å². The van der Waals surface area contributed by atoms with E-state index in [2.05, 4.69) is 44.3 Å². The van der Waals surface area contributed by atoms with Gasteiger partial charge in [-0.25, -0.2) is 0 Å². The average molecular weight is 271 g/mol. The monoisotopic (exact) mass is 271 g/mol. The number of furan rings is 1. The molecule has 2 heteroatoms. The summed E-state index contributed by atoms with van der Waals surface area (Å²) in [5, 5.41) is 5.00. The summed E-state index contributed by atoms with van der Waals surface area (Å²) >= 11 is 0. The normalized spacial score (nSPS) is 28.6. The van der Waals surface area contributed by atoms with Crippen LogP contribution < -0.4 is 5.32 Å². The number of benzene rings is 1. The van der Waals surface area contributed by atoms with E-state index in [0.29, 0.717) is 6.04 Å². The van der Waals surface area contributed by atoms with Crippen molar-refractivity contribution in [2.75, 3.05) is 0 Å². The first-order valence-corrected chi connectivity index (χ1v) is 7.89. The third kappa shape index (κ3) is 2.62. The summed E-state index contributed by atoms with van der Waals surface area (Å²) in [6.07, 6.45) is 4.06. The van der Waals surface area contributed by atoms with Crippen LogP contribution in [0.3, 0.4) is 0 Å². The topological polar surface area (TPSA) is 25.2 Å². The van der Waals surface area contributed by atoms with Gasteiger partial charge in [0.25, 0.3) is 0 Å². The molecule has 1 heterocycles. The molecule has 1 fully saturated rings. The fourth-order valence-electron chi connectivity index (χ4n) is 3.60.